The number of amides is 1. The molecule has 0 N–H and O–H groups in total. The fraction of sp³-hybridized carbons (Fsp3) is 0.391. The molecule has 0 spiro atoms. The normalized spacial score (nSPS) is 11.4. The van der Waals surface area contributed by atoms with Gasteiger partial charge in [0.1, 0.15) is 0 Å². The quantitative estimate of drug-likeness (QED) is 0.471. The molecule has 2 aromatic carbocycles. The van der Waals surface area contributed by atoms with Gasteiger partial charge in [-0.3, -0.25) is 9.69 Å². The first-order valence-electron chi connectivity index (χ1n) is 10.0. The van der Waals surface area contributed by atoms with Crippen LogP contribution >= 0.6 is 22.9 Å². The number of hydrogen-bond donors (Lipinski definition) is 0. The molecule has 0 radical (unpaired) electrons. The minimum absolute atomic E-state index is 0.00235. The molecule has 29 heavy (non-hydrogen) atoms. The van der Waals surface area contributed by atoms with Crippen LogP contribution in [0.1, 0.15) is 40.9 Å². The number of anilines is 1. The van der Waals surface area contributed by atoms with Crippen molar-refractivity contribution < 1.29 is 4.79 Å². The van der Waals surface area contributed by atoms with Crippen molar-refractivity contribution in [2.24, 2.45) is 0 Å². The zero-order valence-electron chi connectivity index (χ0n) is 17.8. The topological polar surface area (TPSA) is 36.4 Å². The molecule has 1 aromatic heterocycles. The molecule has 0 saturated heterocycles. The average molecular weight is 430 g/mol. The summed E-state index contributed by atoms with van der Waals surface area (Å²) in [4.78, 5) is 22.5. The summed E-state index contributed by atoms with van der Waals surface area (Å²) >= 11 is 7.76. The third-order valence-electron chi connectivity index (χ3n) is 5.26. The molecule has 0 saturated carbocycles. The van der Waals surface area contributed by atoms with Crippen molar-refractivity contribution in [3.8, 4) is 0 Å². The van der Waals surface area contributed by atoms with E-state index in [0.717, 1.165) is 57.2 Å². The Labute approximate surface area is 182 Å². The average Bonchev–Trinajstić information content (AvgIpc) is 3.09. The fourth-order valence-electron chi connectivity index (χ4n) is 3.52. The maximum Gasteiger partial charge on any atom is 0.260 e. The van der Waals surface area contributed by atoms with E-state index < -0.39 is 0 Å². The predicted molar refractivity (Wildman–Crippen MR) is 125 cm³/mol. The van der Waals surface area contributed by atoms with Crippen LogP contribution in [0.5, 0.6) is 0 Å². The zero-order chi connectivity index (χ0) is 21.1. The monoisotopic (exact) mass is 429 g/mol. The number of halogens is 1. The number of carbonyl (C=O) groups is 1. The Morgan fingerprint density at radius 2 is 1.76 bits per heavy atom. The second-order valence-electron chi connectivity index (χ2n) is 7.37. The first kappa shape index (κ1) is 21.8. The molecule has 3 aromatic rings. The summed E-state index contributed by atoms with van der Waals surface area (Å²) in [6.45, 7) is 13.6. The summed E-state index contributed by atoms with van der Waals surface area (Å²) in [5.41, 5.74) is 4.81. The van der Waals surface area contributed by atoms with Crippen LogP contribution in [0.3, 0.4) is 0 Å². The minimum atomic E-state index is -0.00235. The molecule has 6 heteroatoms. The number of hydrogen-bond acceptors (Lipinski definition) is 4. The Bertz CT molecular complexity index is 1030. The fourth-order valence-corrected chi connectivity index (χ4v) is 4.97. The summed E-state index contributed by atoms with van der Waals surface area (Å²) in [5.74, 6) is -0.00235. The molecule has 154 valence electrons. The lowest BCUT2D eigenvalue weighted by molar-refractivity contribution is 0.0983. The van der Waals surface area contributed by atoms with E-state index in [-0.39, 0.29) is 5.91 Å². The molecule has 4 nitrogen and oxygen atoms in total. The summed E-state index contributed by atoms with van der Waals surface area (Å²) in [6, 6.07) is 9.81. The van der Waals surface area contributed by atoms with Crippen molar-refractivity contribution in [2.45, 2.75) is 34.6 Å². The highest BCUT2D eigenvalue weighted by Gasteiger charge is 2.23. The third-order valence-corrected chi connectivity index (χ3v) is 6.51. The van der Waals surface area contributed by atoms with Gasteiger partial charge in [-0.25, -0.2) is 4.98 Å². The van der Waals surface area contributed by atoms with E-state index in [9.17, 15) is 4.79 Å². The molecule has 0 fully saturated rings. The number of thiazole rings is 1. The van der Waals surface area contributed by atoms with Gasteiger partial charge in [0.05, 0.1) is 10.2 Å². The highest BCUT2D eigenvalue weighted by Crippen LogP contribution is 2.33. The van der Waals surface area contributed by atoms with Gasteiger partial charge in [-0.15, -0.1) is 0 Å². The van der Waals surface area contributed by atoms with Gasteiger partial charge < -0.3 is 4.90 Å². The van der Waals surface area contributed by atoms with Crippen LogP contribution in [-0.2, 0) is 0 Å². The zero-order valence-corrected chi connectivity index (χ0v) is 19.3. The maximum atomic E-state index is 13.5. The second-order valence-corrected chi connectivity index (χ2v) is 8.81. The maximum absolute atomic E-state index is 13.5. The SMILES string of the molecule is CCN(CC)CCN(C(=O)c1ccc(C)cc1C)c1nc2c(C)cc(Cl)cc2s1. The van der Waals surface area contributed by atoms with Crippen molar-refractivity contribution in [3.05, 3.63) is 57.6 Å². The second kappa shape index (κ2) is 9.24. The van der Waals surface area contributed by atoms with E-state index in [2.05, 4.69) is 24.8 Å². The predicted octanol–water partition coefficient (Wildman–Crippen LogP) is 5.86. The molecule has 3 rings (SSSR count). The third kappa shape index (κ3) is 4.80. The molecule has 0 aliphatic heterocycles. The minimum Gasteiger partial charge on any atom is -0.302 e. The van der Waals surface area contributed by atoms with Gasteiger partial charge >= 0.3 is 0 Å². The van der Waals surface area contributed by atoms with Crippen LogP contribution in [0, 0.1) is 20.8 Å². The summed E-state index contributed by atoms with van der Waals surface area (Å²) < 4.78 is 1.01. The lowest BCUT2D eigenvalue weighted by Crippen LogP contribution is -2.39. The summed E-state index contributed by atoms with van der Waals surface area (Å²) in [5, 5.41) is 1.42. The molecule has 1 heterocycles. The molecule has 0 aliphatic carbocycles. The van der Waals surface area contributed by atoms with Crippen molar-refractivity contribution in [3.63, 3.8) is 0 Å². The first-order chi connectivity index (χ1) is 13.8. The molecule has 0 atom stereocenters. The van der Waals surface area contributed by atoms with E-state index in [4.69, 9.17) is 16.6 Å². The number of aryl methyl sites for hydroxylation is 3. The Hall–Kier alpha value is -1.95. The van der Waals surface area contributed by atoms with Crippen LogP contribution < -0.4 is 4.90 Å². The van der Waals surface area contributed by atoms with Crippen LogP contribution in [0.4, 0.5) is 5.13 Å². The van der Waals surface area contributed by atoms with Crippen LogP contribution in [-0.4, -0.2) is 42.0 Å². The lowest BCUT2D eigenvalue weighted by Gasteiger charge is -2.25. The Morgan fingerprint density at radius 1 is 1.03 bits per heavy atom. The smallest absolute Gasteiger partial charge is 0.260 e. The van der Waals surface area contributed by atoms with Crippen molar-refractivity contribution in [1.29, 1.82) is 0 Å². The van der Waals surface area contributed by atoms with Crippen LogP contribution in [0.25, 0.3) is 10.2 Å². The van der Waals surface area contributed by atoms with E-state index in [1.54, 1.807) is 0 Å². The standard InChI is InChI=1S/C23H28ClN3OS/c1-6-26(7-2)10-11-27(22(28)19-9-8-15(3)12-16(19)4)23-25-21-17(5)13-18(24)14-20(21)29-23/h8-9,12-14H,6-7,10-11H2,1-5H3. The van der Waals surface area contributed by atoms with Crippen molar-refractivity contribution in [1.82, 2.24) is 9.88 Å². The van der Waals surface area contributed by atoms with Gasteiger partial charge in [0, 0.05) is 23.7 Å². The number of aromatic nitrogens is 1. The molecule has 0 bridgehead atoms. The Balaban J connectivity index is 2.02. The molecular formula is C23H28ClN3OS. The van der Waals surface area contributed by atoms with E-state index >= 15 is 0 Å². The number of likely N-dealkylation sites (N-methyl/N-ethyl adjacent to an activating group) is 1. The van der Waals surface area contributed by atoms with Gasteiger partial charge in [-0.05, 0) is 63.2 Å². The van der Waals surface area contributed by atoms with E-state index in [0.29, 0.717) is 11.6 Å². The van der Waals surface area contributed by atoms with Crippen molar-refractivity contribution in [2.75, 3.05) is 31.1 Å². The number of benzene rings is 2. The molecular weight excluding hydrogens is 402 g/mol. The number of rotatable bonds is 7. The van der Waals surface area contributed by atoms with E-state index in [1.807, 2.05) is 49.9 Å². The number of fused-ring (bicyclic) bond motifs is 1. The number of nitrogens with zero attached hydrogens (tertiary/aromatic N) is 3. The lowest BCUT2D eigenvalue weighted by atomic mass is 10.0. The van der Waals surface area contributed by atoms with Crippen LogP contribution in [0.15, 0.2) is 30.3 Å². The van der Waals surface area contributed by atoms with Crippen LogP contribution in [0.2, 0.25) is 5.02 Å². The van der Waals surface area contributed by atoms with E-state index in [1.165, 1.54) is 11.3 Å². The van der Waals surface area contributed by atoms with Gasteiger partial charge in [0.25, 0.3) is 5.91 Å². The van der Waals surface area contributed by atoms with Gasteiger partial charge in [-0.2, -0.15) is 0 Å². The highest BCUT2D eigenvalue weighted by atomic mass is 35.5. The molecule has 0 aliphatic rings. The number of carbonyl (C=O) groups excluding carboxylic acids is 1. The summed E-state index contributed by atoms with van der Waals surface area (Å²) in [7, 11) is 0. The van der Waals surface area contributed by atoms with Gasteiger partial charge in [0.15, 0.2) is 5.13 Å². The Kier molecular flexibility index (Phi) is 6.93. The summed E-state index contributed by atoms with van der Waals surface area (Å²) in [6.07, 6.45) is 0. The first-order valence-corrected chi connectivity index (χ1v) is 11.2. The molecule has 1 amide bonds. The van der Waals surface area contributed by atoms with Gasteiger partial charge in [0.2, 0.25) is 0 Å². The highest BCUT2D eigenvalue weighted by molar-refractivity contribution is 7.22. The van der Waals surface area contributed by atoms with Crippen molar-refractivity contribution >= 4 is 44.2 Å². The Morgan fingerprint density at radius 3 is 2.41 bits per heavy atom. The molecule has 0 unspecified atom stereocenters. The van der Waals surface area contributed by atoms with Gasteiger partial charge in [-0.1, -0.05) is 54.5 Å². The largest absolute Gasteiger partial charge is 0.302 e.